The van der Waals surface area contributed by atoms with Crippen molar-refractivity contribution in [2.45, 2.75) is 40.5 Å². The molecule has 0 saturated carbocycles. The Bertz CT molecular complexity index is 233. The summed E-state index contributed by atoms with van der Waals surface area (Å²) in [6.45, 7) is 9.52. The summed E-state index contributed by atoms with van der Waals surface area (Å²) < 4.78 is 0. The van der Waals surface area contributed by atoms with Crippen LogP contribution in [0.5, 0.6) is 0 Å². The number of nitrogens with zero attached hydrogens (tertiary/aromatic N) is 1. The number of carbonyl (C=O) groups excluding carboxylic acids is 1. The summed E-state index contributed by atoms with van der Waals surface area (Å²) >= 11 is 4.80. The second-order valence-electron chi connectivity index (χ2n) is 4.93. The molecule has 0 heterocycles. The molecule has 1 amide bonds. The Hall–Kier alpha value is -0.640. The van der Waals surface area contributed by atoms with E-state index in [0.717, 1.165) is 6.54 Å². The molecule has 0 aromatic heterocycles. The number of carbonyl (C=O) groups is 1. The molecule has 0 unspecified atom stereocenters. The maximum absolute atomic E-state index is 11.8. The Morgan fingerprint density at radius 2 is 1.93 bits per heavy atom. The van der Waals surface area contributed by atoms with Crippen molar-refractivity contribution in [3.8, 4) is 0 Å². The molecule has 3 nitrogen and oxygen atoms in total. The molecule has 0 radical (unpaired) electrons. The van der Waals surface area contributed by atoms with Crippen molar-refractivity contribution < 1.29 is 4.79 Å². The number of nitrogens with two attached hydrogens (primary N) is 1. The SMILES string of the molecule is CCN(CCC(N)=S)C(=O)CC(C)(C)C. The Morgan fingerprint density at radius 3 is 2.27 bits per heavy atom. The predicted molar refractivity (Wildman–Crippen MR) is 67.7 cm³/mol. The van der Waals surface area contributed by atoms with Gasteiger partial charge in [0.1, 0.15) is 0 Å². The molecule has 0 aliphatic heterocycles. The van der Waals surface area contributed by atoms with Gasteiger partial charge in [-0.2, -0.15) is 0 Å². The summed E-state index contributed by atoms with van der Waals surface area (Å²) in [6, 6.07) is 0. The van der Waals surface area contributed by atoms with Gasteiger partial charge in [-0.05, 0) is 12.3 Å². The van der Waals surface area contributed by atoms with Crippen LogP contribution in [0, 0.1) is 5.41 Å². The first-order valence-electron chi connectivity index (χ1n) is 5.32. The molecular formula is C11H22N2OS. The quantitative estimate of drug-likeness (QED) is 0.734. The van der Waals surface area contributed by atoms with Crippen LogP contribution in [-0.2, 0) is 4.79 Å². The lowest BCUT2D eigenvalue weighted by Crippen LogP contribution is -2.35. The first-order chi connectivity index (χ1) is 6.76. The van der Waals surface area contributed by atoms with E-state index in [1.54, 1.807) is 0 Å². The molecule has 0 aliphatic rings. The Kier molecular flexibility index (Phi) is 5.80. The van der Waals surface area contributed by atoms with Crippen LogP contribution >= 0.6 is 12.2 Å². The number of rotatable bonds is 5. The lowest BCUT2D eigenvalue weighted by molar-refractivity contribution is -0.132. The fourth-order valence-electron chi connectivity index (χ4n) is 1.27. The van der Waals surface area contributed by atoms with Crippen molar-refractivity contribution in [3.05, 3.63) is 0 Å². The zero-order valence-electron chi connectivity index (χ0n) is 10.2. The smallest absolute Gasteiger partial charge is 0.223 e. The van der Waals surface area contributed by atoms with E-state index in [4.69, 9.17) is 18.0 Å². The van der Waals surface area contributed by atoms with Crippen LogP contribution in [0.4, 0.5) is 0 Å². The highest BCUT2D eigenvalue weighted by Gasteiger charge is 2.19. The zero-order chi connectivity index (χ0) is 12.1. The second kappa shape index (κ2) is 6.05. The van der Waals surface area contributed by atoms with Crippen molar-refractivity contribution in [1.29, 1.82) is 0 Å². The van der Waals surface area contributed by atoms with Crippen LogP contribution in [0.25, 0.3) is 0 Å². The van der Waals surface area contributed by atoms with Crippen molar-refractivity contribution in [2.75, 3.05) is 13.1 Å². The molecule has 0 saturated heterocycles. The van der Waals surface area contributed by atoms with Crippen molar-refractivity contribution in [2.24, 2.45) is 11.1 Å². The summed E-state index contributed by atoms with van der Waals surface area (Å²) in [5.74, 6) is 0.182. The lowest BCUT2D eigenvalue weighted by Gasteiger charge is -2.25. The van der Waals surface area contributed by atoms with Gasteiger partial charge in [0.25, 0.3) is 0 Å². The van der Waals surface area contributed by atoms with E-state index in [0.29, 0.717) is 24.4 Å². The van der Waals surface area contributed by atoms with E-state index in [2.05, 4.69) is 20.8 Å². The highest BCUT2D eigenvalue weighted by atomic mass is 32.1. The Morgan fingerprint density at radius 1 is 1.40 bits per heavy atom. The van der Waals surface area contributed by atoms with Gasteiger partial charge < -0.3 is 10.6 Å². The summed E-state index contributed by atoms with van der Waals surface area (Å²) in [7, 11) is 0. The molecule has 15 heavy (non-hydrogen) atoms. The van der Waals surface area contributed by atoms with Crippen LogP contribution < -0.4 is 5.73 Å². The standard InChI is InChI=1S/C11H22N2OS/c1-5-13(7-6-9(12)15)10(14)8-11(2,3)4/h5-8H2,1-4H3,(H2,12,15). The minimum absolute atomic E-state index is 0.0354. The summed E-state index contributed by atoms with van der Waals surface area (Å²) in [6.07, 6.45) is 1.18. The van der Waals surface area contributed by atoms with E-state index < -0.39 is 0 Å². The topological polar surface area (TPSA) is 46.3 Å². The molecule has 0 aromatic rings. The van der Waals surface area contributed by atoms with Gasteiger partial charge in [-0.15, -0.1) is 0 Å². The molecule has 0 spiro atoms. The van der Waals surface area contributed by atoms with Gasteiger partial charge in [0, 0.05) is 25.9 Å². The van der Waals surface area contributed by atoms with Gasteiger partial charge in [-0.1, -0.05) is 33.0 Å². The minimum Gasteiger partial charge on any atom is -0.393 e. The van der Waals surface area contributed by atoms with Crippen LogP contribution in [0.1, 0.15) is 40.5 Å². The fourth-order valence-corrected chi connectivity index (χ4v) is 1.36. The normalized spacial score (nSPS) is 11.2. The molecule has 4 heteroatoms. The summed E-state index contributed by atoms with van der Waals surface area (Å²) in [5.41, 5.74) is 5.45. The summed E-state index contributed by atoms with van der Waals surface area (Å²) in [5, 5.41) is 0. The molecule has 0 fully saturated rings. The van der Waals surface area contributed by atoms with E-state index in [9.17, 15) is 4.79 Å². The van der Waals surface area contributed by atoms with E-state index in [1.165, 1.54) is 0 Å². The van der Waals surface area contributed by atoms with E-state index in [-0.39, 0.29) is 11.3 Å². The van der Waals surface area contributed by atoms with Crippen LogP contribution in [0.2, 0.25) is 0 Å². The molecule has 0 aliphatic carbocycles. The number of amides is 1. The largest absolute Gasteiger partial charge is 0.393 e. The van der Waals surface area contributed by atoms with E-state index in [1.807, 2.05) is 11.8 Å². The Labute approximate surface area is 98.0 Å². The van der Waals surface area contributed by atoms with Crippen LogP contribution in [-0.4, -0.2) is 28.9 Å². The van der Waals surface area contributed by atoms with Crippen LogP contribution in [0.15, 0.2) is 0 Å². The van der Waals surface area contributed by atoms with Crippen LogP contribution in [0.3, 0.4) is 0 Å². The van der Waals surface area contributed by atoms with Gasteiger partial charge in [0.15, 0.2) is 0 Å². The molecular weight excluding hydrogens is 208 g/mol. The molecule has 88 valence electrons. The third-order valence-corrected chi connectivity index (χ3v) is 2.25. The molecule has 2 N–H and O–H groups in total. The van der Waals surface area contributed by atoms with Crippen molar-refractivity contribution in [1.82, 2.24) is 4.90 Å². The molecule has 0 atom stereocenters. The number of thiocarbonyl (C=S) groups is 1. The monoisotopic (exact) mass is 230 g/mol. The zero-order valence-corrected chi connectivity index (χ0v) is 11.0. The van der Waals surface area contributed by atoms with Gasteiger partial charge in [-0.3, -0.25) is 4.79 Å². The summed E-state index contributed by atoms with van der Waals surface area (Å²) in [4.78, 5) is 14.1. The Balaban J connectivity index is 4.16. The maximum atomic E-state index is 11.8. The van der Waals surface area contributed by atoms with Gasteiger partial charge in [0.05, 0.1) is 4.99 Å². The van der Waals surface area contributed by atoms with E-state index >= 15 is 0 Å². The maximum Gasteiger partial charge on any atom is 0.223 e. The molecule has 0 aromatic carbocycles. The third-order valence-electron chi connectivity index (χ3n) is 2.04. The molecule has 0 bridgehead atoms. The van der Waals surface area contributed by atoms with Crippen molar-refractivity contribution >= 4 is 23.1 Å². The number of hydrogen-bond donors (Lipinski definition) is 1. The van der Waals surface area contributed by atoms with Gasteiger partial charge in [0.2, 0.25) is 5.91 Å². The first kappa shape index (κ1) is 14.4. The highest BCUT2D eigenvalue weighted by Crippen LogP contribution is 2.19. The average Bonchev–Trinajstić information content (AvgIpc) is 2.01. The molecule has 0 rings (SSSR count). The van der Waals surface area contributed by atoms with Gasteiger partial charge in [-0.25, -0.2) is 0 Å². The highest BCUT2D eigenvalue weighted by molar-refractivity contribution is 7.80. The second-order valence-corrected chi connectivity index (χ2v) is 5.45. The predicted octanol–water partition coefficient (Wildman–Crippen LogP) is 1.95. The van der Waals surface area contributed by atoms with Crippen molar-refractivity contribution in [3.63, 3.8) is 0 Å². The lowest BCUT2D eigenvalue weighted by atomic mass is 9.91. The number of hydrogen-bond acceptors (Lipinski definition) is 2. The minimum atomic E-state index is 0.0354. The first-order valence-corrected chi connectivity index (χ1v) is 5.73. The fraction of sp³-hybridized carbons (Fsp3) is 0.818. The van der Waals surface area contributed by atoms with Gasteiger partial charge >= 0.3 is 0 Å². The third kappa shape index (κ3) is 7.31. The average molecular weight is 230 g/mol.